The average molecular weight is 383 g/mol. The van der Waals surface area contributed by atoms with E-state index in [1.807, 2.05) is 18.2 Å². The highest BCUT2D eigenvalue weighted by molar-refractivity contribution is 5.75. The van der Waals surface area contributed by atoms with E-state index in [0.717, 1.165) is 30.4 Å². The van der Waals surface area contributed by atoms with Gasteiger partial charge in [0, 0.05) is 12.0 Å². The first-order chi connectivity index (χ1) is 13.6. The number of methoxy groups -OCH3 is 1. The van der Waals surface area contributed by atoms with Crippen LogP contribution in [-0.4, -0.2) is 23.2 Å². The van der Waals surface area contributed by atoms with Gasteiger partial charge in [-0.2, -0.15) is 0 Å². The first kappa shape index (κ1) is 19.5. The van der Waals surface area contributed by atoms with E-state index in [-0.39, 0.29) is 18.3 Å². The third-order valence-electron chi connectivity index (χ3n) is 4.25. The topological polar surface area (TPSA) is 77.3 Å². The molecule has 1 aromatic heterocycles. The van der Waals surface area contributed by atoms with Crippen LogP contribution in [0.2, 0.25) is 0 Å². The summed E-state index contributed by atoms with van der Waals surface area (Å²) in [5, 5.41) is 10.7. The summed E-state index contributed by atoms with van der Waals surface area (Å²) in [5.74, 6) is 1.12. The molecule has 2 aromatic carbocycles. The van der Waals surface area contributed by atoms with Gasteiger partial charge in [-0.3, -0.25) is 4.79 Å². The molecule has 0 aliphatic heterocycles. The van der Waals surface area contributed by atoms with Crippen molar-refractivity contribution in [3.05, 3.63) is 65.8 Å². The second kappa shape index (κ2) is 9.64. The zero-order valence-corrected chi connectivity index (χ0v) is 15.7. The van der Waals surface area contributed by atoms with Crippen molar-refractivity contribution in [1.82, 2.24) is 15.5 Å². The lowest BCUT2D eigenvalue weighted by Crippen LogP contribution is -2.22. The zero-order valence-electron chi connectivity index (χ0n) is 15.7. The van der Waals surface area contributed by atoms with E-state index in [9.17, 15) is 9.18 Å². The number of carbonyl (C=O) groups excluding carboxylic acids is 1. The van der Waals surface area contributed by atoms with E-state index in [1.54, 1.807) is 25.3 Å². The first-order valence-corrected chi connectivity index (χ1v) is 9.12. The molecule has 0 aliphatic rings. The molecule has 0 atom stereocenters. The van der Waals surface area contributed by atoms with Crippen molar-refractivity contribution in [2.75, 3.05) is 7.11 Å². The SMILES string of the molecule is COc1cccc(-c2nnc(CNC(=O)CCCCc3ccc(F)cc3)o2)c1. The molecule has 0 radical (unpaired) electrons. The van der Waals surface area contributed by atoms with Gasteiger partial charge >= 0.3 is 0 Å². The fraction of sp³-hybridized carbons (Fsp3) is 0.286. The van der Waals surface area contributed by atoms with E-state index in [2.05, 4.69) is 15.5 Å². The van der Waals surface area contributed by atoms with Crippen molar-refractivity contribution in [1.29, 1.82) is 0 Å². The molecule has 3 rings (SSSR count). The predicted octanol–water partition coefficient (Wildman–Crippen LogP) is 3.91. The maximum Gasteiger partial charge on any atom is 0.247 e. The molecule has 3 aromatic rings. The number of benzene rings is 2. The number of aryl methyl sites for hydroxylation is 1. The van der Waals surface area contributed by atoms with Gasteiger partial charge in [-0.1, -0.05) is 18.2 Å². The maximum atomic E-state index is 12.9. The highest BCUT2D eigenvalue weighted by Gasteiger charge is 2.10. The molecule has 146 valence electrons. The lowest BCUT2D eigenvalue weighted by Gasteiger charge is -2.03. The molecule has 7 heteroatoms. The largest absolute Gasteiger partial charge is 0.497 e. The molecule has 1 heterocycles. The Morgan fingerprint density at radius 2 is 1.96 bits per heavy atom. The summed E-state index contributed by atoms with van der Waals surface area (Å²) in [4.78, 5) is 12.0. The van der Waals surface area contributed by atoms with Gasteiger partial charge < -0.3 is 14.5 Å². The molecule has 0 saturated heterocycles. The van der Waals surface area contributed by atoms with Gasteiger partial charge in [0.1, 0.15) is 11.6 Å². The van der Waals surface area contributed by atoms with Gasteiger partial charge in [0.15, 0.2) is 0 Å². The third-order valence-corrected chi connectivity index (χ3v) is 4.25. The van der Waals surface area contributed by atoms with Crippen LogP contribution in [0.5, 0.6) is 5.75 Å². The molecular formula is C21H22FN3O3. The number of unbranched alkanes of at least 4 members (excludes halogenated alkanes) is 1. The van der Waals surface area contributed by atoms with Crippen LogP contribution >= 0.6 is 0 Å². The number of carbonyl (C=O) groups is 1. The van der Waals surface area contributed by atoms with Gasteiger partial charge in [-0.25, -0.2) is 4.39 Å². The fourth-order valence-corrected chi connectivity index (χ4v) is 2.73. The second-order valence-electron chi connectivity index (χ2n) is 6.34. The van der Waals surface area contributed by atoms with E-state index in [0.29, 0.717) is 24.0 Å². The number of rotatable bonds is 9. The number of nitrogens with one attached hydrogen (secondary N) is 1. The van der Waals surface area contributed by atoms with Crippen LogP contribution in [0.25, 0.3) is 11.5 Å². The van der Waals surface area contributed by atoms with Crippen molar-refractivity contribution in [3.63, 3.8) is 0 Å². The fourth-order valence-electron chi connectivity index (χ4n) is 2.73. The number of halogens is 1. The summed E-state index contributed by atoms with van der Waals surface area (Å²) in [6.07, 6.45) is 2.85. The Hall–Kier alpha value is -3.22. The Bertz CT molecular complexity index is 909. The highest BCUT2D eigenvalue weighted by atomic mass is 19.1. The summed E-state index contributed by atoms with van der Waals surface area (Å²) in [6.45, 7) is 0.188. The molecule has 28 heavy (non-hydrogen) atoms. The van der Waals surface area contributed by atoms with Crippen molar-refractivity contribution in [2.45, 2.75) is 32.2 Å². The van der Waals surface area contributed by atoms with Crippen molar-refractivity contribution in [2.24, 2.45) is 0 Å². The summed E-state index contributed by atoms with van der Waals surface area (Å²) in [5.41, 5.74) is 1.82. The van der Waals surface area contributed by atoms with Crippen LogP contribution in [0.1, 0.15) is 30.7 Å². The van der Waals surface area contributed by atoms with Gasteiger partial charge in [0.05, 0.1) is 13.7 Å². The van der Waals surface area contributed by atoms with Gasteiger partial charge in [0.2, 0.25) is 17.7 Å². The van der Waals surface area contributed by atoms with E-state index in [1.165, 1.54) is 12.1 Å². The third kappa shape index (κ3) is 5.64. The van der Waals surface area contributed by atoms with E-state index < -0.39 is 0 Å². The quantitative estimate of drug-likeness (QED) is 0.567. The average Bonchev–Trinajstić information content (AvgIpc) is 3.20. The molecule has 1 N–H and O–H groups in total. The van der Waals surface area contributed by atoms with E-state index >= 15 is 0 Å². The van der Waals surface area contributed by atoms with Gasteiger partial charge in [-0.15, -0.1) is 10.2 Å². The molecule has 0 bridgehead atoms. The number of aromatic nitrogens is 2. The van der Waals surface area contributed by atoms with Crippen LogP contribution in [-0.2, 0) is 17.8 Å². The Labute approximate surface area is 162 Å². The smallest absolute Gasteiger partial charge is 0.247 e. The lowest BCUT2D eigenvalue weighted by atomic mass is 10.1. The normalized spacial score (nSPS) is 10.6. The Balaban J connectivity index is 1.40. The Morgan fingerprint density at radius 1 is 1.14 bits per heavy atom. The molecule has 1 amide bonds. The van der Waals surface area contributed by atoms with Crippen molar-refractivity contribution >= 4 is 5.91 Å². The van der Waals surface area contributed by atoms with Gasteiger partial charge in [0.25, 0.3) is 0 Å². The molecule has 6 nitrogen and oxygen atoms in total. The predicted molar refractivity (Wildman–Crippen MR) is 102 cm³/mol. The summed E-state index contributed by atoms with van der Waals surface area (Å²) >= 11 is 0. The number of amides is 1. The van der Waals surface area contributed by atoms with Crippen LogP contribution in [0.15, 0.2) is 52.9 Å². The minimum atomic E-state index is -0.237. The van der Waals surface area contributed by atoms with Crippen LogP contribution in [0.3, 0.4) is 0 Å². The standard InChI is InChI=1S/C21H22FN3O3/c1-27-18-7-4-6-16(13-18)21-25-24-20(28-21)14-23-19(26)8-3-2-5-15-9-11-17(22)12-10-15/h4,6-7,9-13H,2-3,5,8,14H2,1H3,(H,23,26). The van der Waals surface area contributed by atoms with Crippen molar-refractivity contribution in [3.8, 4) is 17.2 Å². The first-order valence-electron chi connectivity index (χ1n) is 9.12. The molecule has 0 aliphatic carbocycles. The van der Waals surface area contributed by atoms with Crippen LogP contribution in [0, 0.1) is 5.82 Å². The summed E-state index contributed by atoms with van der Waals surface area (Å²) in [6, 6.07) is 13.8. The summed E-state index contributed by atoms with van der Waals surface area (Å²) in [7, 11) is 1.59. The number of ether oxygens (including phenoxy) is 1. The van der Waals surface area contributed by atoms with E-state index in [4.69, 9.17) is 9.15 Å². The van der Waals surface area contributed by atoms with Crippen LogP contribution in [0.4, 0.5) is 4.39 Å². The number of nitrogens with zero attached hydrogens (tertiary/aromatic N) is 2. The number of hydrogen-bond donors (Lipinski definition) is 1. The minimum absolute atomic E-state index is 0.0692. The second-order valence-corrected chi connectivity index (χ2v) is 6.34. The zero-order chi connectivity index (χ0) is 19.8. The molecule has 0 saturated carbocycles. The van der Waals surface area contributed by atoms with Gasteiger partial charge in [-0.05, 0) is 55.2 Å². The van der Waals surface area contributed by atoms with Crippen LogP contribution < -0.4 is 10.1 Å². The maximum absolute atomic E-state index is 12.9. The number of hydrogen-bond acceptors (Lipinski definition) is 5. The Kier molecular flexibility index (Phi) is 6.73. The highest BCUT2D eigenvalue weighted by Crippen LogP contribution is 2.22. The molecule has 0 fully saturated rings. The van der Waals surface area contributed by atoms with Crippen molar-refractivity contribution < 1.29 is 18.3 Å². The lowest BCUT2D eigenvalue weighted by molar-refractivity contribution is -0.121. The Morgan fingerprint density at radius 3 is 2.75 bits per heavy atom. The minimum Gasteiger partial charge on any atom is -0.497 e. The monoisotopic (exact) mass is 383 g/mol. The molecule has 0 unspecified atom stereocenters. The molecular weight excluding hydrogens is 361 g/mol. The molecule has 0 spiro atoms. The summed E-state index contributed by atoms with van der Waals surface area (Å²) < 4.78 is 23.6.